The minimum absolute atomic E-state index is 0.216. The average Bonchev–Trinajstić information content (AvgIpc) is 3.31. The Bertz CT molecular complexity index is 1040. The van der Waals surface area contributed by atoms with E-state index in [1.807, 2.05) is 6.07 Å². The molecule has 0 radical (unpaired) electrons. The first-order chi connectivity index (χ1) is 15.5. The first kappa shape index (κ1) is 20.2. The first-order valence-electron chi connectivity index (χ1n) is 12.1. The van der Waals surface area contributed by atoms with E-state index in [1.165, 1.54) is 57.2 Å². The molecule has 2 aromatic rings. The molecule has 32 heavy (non-hydrogen) atoms. The molecule has 5 heterocycles. The summed E-state index contributed by atoms with van der Waals surface area (Å²) in [6, 6.07) is 4.31. The summed E-state index contributed by atoms with van der Waals surface area (Å²) in [5.41, 5.74) is 2.94. The molecule has 2 atom stereocenters. The van der Waals surface area contributed by atoms with Crippen LogP contribution in [0.1, 0.15) is 56.6 Å². The number of nitrogens with one attached hydrogen (secondary N) is 2. The van der Waals surface area contributed by atoms with Gasteiger partial charge in [0.05, 0.1) is 11.9 Å². The third-order valence-corrected chi connectivity index (χ3v) is 8.04. The standard InChI is InChI=1S/C24H32N6O2/c1-15-12-30(19-6-4-18(5-7-19)28-13-16-2-3-17(14-28)26-16)23-21(15)10-20(11-25-23)29-9-8-22(31)27-24(29)32/h10-12,16-19,26H,2-9,13-14H2,1H3,(H,27,31,32). The van der Waals surface area contributed by atoms with E-state index < -0.39 is 0 Å². The second kappa shape index (κ2) is 7.85. The molecule has 4 fully saturated rings. The summed E-state index contributed by atoms with van der Waals surface area (Å²) in [4.78, 5) is 32.9. The number of hydrogen-bond donors (Lipinski definition) is 2. The smallest absolute Gasteiger partial charge is 0.328 e. The number of piperazine rings is 1. The quantitative estimate of drug-likeness (QED) is 0.773. The summed E-state index contributed by atoms with van der Waals surface area (Å²) >= 11 is 0. The van der Waals surface area contributed by atoms with Crippen molar-refractivity contribution in [2.45, 2.75) is 76.0 Å². The van der Waals surface area contributed by atoms with Crippen LogP contribution in [0.15, 0.2) is 18.5 Å². The molecule has 0 spiro atoms. The van der Waals surface area contributed by atoms with Crippen molar-refractivity contribution in [2.75, 3.05) is 24.5 Å². The van der Waals surface area contributed by atoms with Gasteiger partial charge in [-0.25, -0.2) is 9.78 Å². The number of fused-ring (bicyclic) bond motifs is 3. The molecule has 3 saturated heterocycles. The molecular formula is C24H32N6O2. The highest BCUT2D eigenvalue weighted by Gasteiger charge is 2.36. The lowest BCUT2D eigenvalue weighted by Crippen LogP contribution is -2.55. The maximum atomic E-state index is 12.2. The Morgan fingerprint density at radius 1 is 1.00 bits per heavy atom. The topological polar surface area (TPSA) is 82.5 Å². The van der Waals surface area contributed by atoms with E-state index in [0.29, 0.717) is 31.1 Å². The highest BCUT2D eigenvalue weighted by molar-refractivity contribution is 6.06. The molecule has 3 aliphatic heterocycles. The fourth-order valence-corrected chi connectivity index (χ4v) is 6.35. The number of hydrogen-bond acceptors (Lipinski definition) is 5. The van der Waals surface area contributed by atoms with E-state index >= 15 is 0 Å². The number of aryl methyl sites for hydroxylation is 1. The van der Waals surface area contributed by atoms with Gasteiger partial charge in [0, 0.05) is 61.8 Å². The molecule has 6 rings (SSSR count). The van der Waals surface area contributed by atoms with Crippen LogP contribution in [0.4, 0.5) is 10.5 Å². The number of likely N-dealkylation sites (tertiary alicyclic amines) is 1. The van der Waals surface area contributed by atoms with Crippen molar-refractivity contribution in [3.8, 4) is 0 Å². The number of pyridine rings is 1. The summed E-state index contributed by atoms with van der Waals surface area (Å²) in [6.45, 7) is 4.95. The van der Waals surface area contributed by atoms with Crippen LogP contribution in [0.25, 0.3) is 11.0 Å². The van der Waals surface area contributed by atoms with Gasteiger partial charge in [0.1, 0.15) is 5.65 Å². The zero-order chi connectivity index (χ0) is 21.8. The number of anilines is 1. The predicted molar refractivity (Wildman–Crippen MR) is 123 cm³/mol. The molecule has 1 saturated carbocycles. The van der Waals surface area contributed by atoms with Gasteiger partial charge in [-0.3, -0.25) is 19.9 Å². The van der Waals surface area contributed by atoms with Crippen LogP contribution in [0.5, 0.6) is 0 Å². The molecule has 2 aromatic heterocycles. The summed E-state index contributed by atoms with van der Waals surface area (Å²) in [6.07, 6.45) is 11.9. The molecule has 1 aliphatic carbocycles. The monoisotopic (exact) mass is 436 g/mol. The van der Waals surface area contributed by atoms with Gasteiger partial charge in [-0.1, -0.05) is 0 Å². The molecule has 2 unspecified atom stereocenters. The Kier molecular flexibility index (Phi) is 4.95. The molecule has 170 valence electrons. The Labute approximate surface area is 188 Å². The third-order valence-electron chi connectivity index (χ3n) is 8.04. The number of nitrogens with zero attached hydrogens (tertiary/aromatic N) is 4. The fourth-order valence-electron chi connectivity index (χ4n) is 6.35. The first-order valence-corrected chi connectivity index (χ1v) is 12.1. The van der Waals surface area contributed by atoms with Crippen LogP contribution < -0.4 is 15.5 Å². The molecular weight excluding hydrogens is 404 g/mol. The largest absolute Gasteiger partial charge is 0.329 e. The van der Waals surface area contributed by atoms with Gasteiger partial charge in [-0.05, 0) is 57.1 Å². The van der Waals surface area contributed by atoms with E-state index in [9.17, 15) is 9.59 Å². The normalized spacial score (nSPS) is 31.3. The molecule has 8 nitrogen and oxygen atoms in total. The van der Waals surface area contributed by atoms with Gasteiger partial charge in [-0.2, -0.15) is 0 Å². The Morgan fingerprint density at radius 2 is 1.72 bits per heavy atom. The molecule has 0 aromatic carbocycles. The van der Waals surface area contributed by atoms with Crippen LogP contribution >= 0.6 is 0 Å². The number of aromatic nitrogens is 2. The van der Waals surface area contributed by atoms with Crippen molar-refractivity contribution >= 4 is 28.7 Å². The summed E-state index contributed by atoms with van der Waals surface area (Å²) in [5, 5.41) is 7.24. The van der Waals surface area contributed by atoms with E-state index in [4.69, 9.17) is 4.98 Å². The van der Waals surface area contributed by atoms with Gasteiger partial charge in [0.15, 0.2) is 0 Å². The zero-order valence-electron chi connectivity index (χ0n) is 18.7. The average molecular weight is 437 g/mol. The van der Waals surface area contributed by atoms with E-state index in [2.05, 4.69) is 33.2 Å². The molecule has 2 N–H and O–H groups in total. The maximum Gasteiger partial charge on any atom is 0.328 e. The van der Waals surface area contributed by atoms with Gasteiger partial charge in [-0.15, -0.1) is 0 Å². The lowest BCUT2D eigenvalue weighted by molar-refractivity contribution is -0.120. The second-order valence-corrected chi connectivity index (χ2v) is 10.1. The fraction of sp³-hybridized carbons (Fsp3) is 0.625. The summed E-state index contributed by atoms with van der Waals surface area (Å²) in [5.74, 6) is -0.216. The zero-order valence-corrected chi connectivity index (χ0v) is 18.7. The Balaban J connectivity index is 1.18. The van der Waals surface area contributed by atoms with Crippen molar-refractivity contribution in [2.24, 2.45) is 0 Å². The number of amides is 3. The van der Waals surface area contributed by atoms with E-state index in [0.717, 1.165) is 22.8 Å². The van der Waals surface area contributed by atoms with Crippen molar-refractivity contribution in [1.29, 1.82) is 0 Å². The number of urea groups is 1. The SMILES string of the molecule is Cc1cn(C2CCC(N3CC4CCC(C3)N4)CC2)c2ncc(N3CCC(=O)NC3=O)cc12. The second-order valence-electron chi connectivity index (χ2n) is 10.1. The van der Waals surface area contributed by atoms with Crippen LogP contribution in [0, 0.1) is 6.92 Å². The number of carbonyl (C=O) groups is 2. The van der Waals surface area contributed by atoms with Gasteiger partial charge >= 0.3 is 6.03 Å². The number of carbonyl (C=O) groups excluding carboxylic acids is 2. The lowest BCUT2D eigenvalue weighted by atomic mass is 9.89. The number of rotatable bonds is 3. The van der Waals surface area contributed by atoms with Crippen molar-refractivity contribution in [1.82, 2.24) is 25.1 Å². The Hall–Kier alpha value is -2.45. The van der Waals surface area contributed by atoms with Gasteiger partial charge in [0.25, 0.3) is 0 Å². The van der Waals surface area contributed by atoms with Crippen molar-refractivity contribution in [3.63, 3.8) is 0 Å². The summed E-state index contributed by atoms with van der Waals surface area (Å²) < 4.78 is 2.37. The van der Waals surface area contributed by atoms with Crippen LogP contribution in [-0.4, -0.2) is 64.1 Å². The van der Waals surface area contributed by atoms with E-state index in [1.54, 1.807) is 11.1 Å². The van der Waals surface area contributed by atoms with Gasteiger partial charge in [0.2, 0.25) is 5.91 Å². The highest BCUT2D eigenvalue weighted by Crippen LogP contribution is 2.36. The molecule has 3 amide bonds. The molecule has 2 bridgehead atoms. The van der Waals surface area contributed by atoms with Crippen LogP contribution in [0.3, 0.4) is 0 Å². The predicted octanol–water partition coefficient (Wildman–Crippen LogP) is 2.71. The van der Waals surface area contributed by atoms with Crippen LogP contribution in [-0.2, 0) is 4.79 Å². The van der Waals surface area contributed by atoms with Crippen molar-refractivity contribution < 1.29 is 9.59 Å². The minimum atomic E-state index is -0.362. The maximum absolute atomic E-state index is 12.2. The molecule has 4 aliphatic rings. The highest BCUT2D eigenvalue weighted by atomic mass is 16.2. The number of imide groups is 1. The third kappa shape index (κ3) is 3.49. The summed E-state index contributed by atoms with van der Waals surface area (Å²) in [7, 11) is 0. The lowest BCUT2D eigenvalue weighted by Gasteiger charge is -2.42. The molecule has 8 heteroatoms. The van der Waals surface area contributed by atoms with Crippen LogP contribution in [0.2, 0.25) is 0 Å². The van der Waals surface area contributed by atoms with Crippen molar-refractivity contribution in [3.05, 3.63) is 24.0 Å². The van der Waals surface area contributed by atoms with Gasteiger partial charge < -0.3 is 9.88 Å². The minimum Gasteiger partial charge on any atom is -0.329 e. The van der Waals surface area contributed by atoms with E-state index in [-0.39, 0.29) is 11.9 Å². The Morgan fingerprint density at radius 3 is 2.44 bits per heavy atom.